The van der Waals surface area contributed by atoms with Crippen molar-refractivity contribution in [1.29, 1.82) is 0 Å². The zero-order valence-corrected chi connectivity index (χ0v) is 18.3. The molecule has 4 heterocycles. The van der Waals surface area contributed by atoms with Crippen LogP contribution in [0, 0.1) is 6.92 Å². The minimum Gasteiger partial charge on any atom is -0.373 e. The number of fused-ring (bicyclic) bond motifs is 1. The summed E-state index contributed by atoms with van der Waals surface area (Å²) in [6.45, 7) is 2.72. The molecule has 1 atom stereocenters. The Morgan fingerprint density at radius 3 is 2.64 bits per heavy atom. The first-order valence-electron chi connectivity index (χ1n) is 11.2. The van der Waals surface area contributed by atoms with E-state index in [0.717, 1.165) is 18.7 Å². The van der Waals surface area contributed by atoms with Crippen LogP contribution in [0.3, 0.4) is 0 Å². The molecular weight excluding hydrogens is 431 g/mol. The molecule has 9 heteroatoms. The molecule has 0 unspecified atom stereocenters. The molecule has 2 aliphatic carbocycles. The zero-order valence-electron chi connectivity index (χ0n) is 18.3. The fourth-order valence-electron chi connectivity index (χ4n) is 3.97. The predicted octanol–water partition coefficient (Wildman–Crippen LogP) is 5.67. The molecule has 1 saturated carbocycles. The quantitative estimate of drug-likeness (QED) is 0.476. The Kier molecular flexibility index (Phi) is 5.76. The van der Waals surface area contributed by atoms with E-state index in [9.17, 15) is 13.2 Å². The smallest absolute Gasteiger partial charge is 0.373 e. The molecule has 172 valence electrons. The highest BCUT2D eigenvalue weighted by molar-refractivity contribution is 5.88. The Bertz CT molecular complexity index is 1230. The minimum absolute atomic E-state index is 0.175. The average Bonchev–Trinajstić information content (AvgIpc) is 3.49. The molecule has 0 bridgehead atoms. The standard InChI is InChI=1S/C13H8F3N3.C11H16N2O/c1-7-6-18-12-10(19-7)2-3-17-11(12)8-4-9(5-8)13(14,15)16;1-2-6-14-11(3-1)9-7-12-13(8-9)10-4-5-10/h2-3,6H,4H2,1H3;7-8,10-11H,1-6H2/t;11-/m.0/s1. The van der Waals surface area contributed by atoms with Crippen molar-refractivity contribution >= 4 is 16.6 Å². The van der Waals surface area contributed by atoms with Crippen LogP contribution in [0.5, 0.6) is 0 Å². The molecule has 2 fully saturated rings. The van der Waals surface area contributed by atoms with E-state index in [4.69, 9.17) is 4.74 Å². The molecule has 0 amide bonds. The van der Waals surface area contributed by atoms with Crippen LogP contribution < -0.4 is 0 Å². The molecular formula is C24H24F3N5O. The number of aromatic nitrogens is 5. The number of hydrogen-bond donors (Lipinski definition) is 0. The van der Waals surface area contributed by atoms with Crippen molar-refractivity contribution in [2.24, 2.45) is 0 Å². The highest BCUT2D eigenvalue weighted by Crippen LogP contribution is 2.39. The van der Waals surface area contributed by atoms with Gasteiger partial charge >= 0.3 is 6.18 Å². The highest BCUT2D eigenvalue weighted by atomic mass is 19.4. The van der Waals surface area contributed by atoms with E-state index in [1.165, 1.54) is 37.4 Å². The Labute approximate surface area is 189 Å². The topological polar surface area (TPSA) is 65.7 Å². The maximum Gasteiger partial charge on any atom is 0.420 e. The van der Waals surface area contributed by atoms with Crippen LogP contribution in [-0.2, 0) is 4.74 Å². The molecule has 0 radical (unpaired) electrons. The summed E-state index contributed by atoms with van der Waals surface area (Å²) >= 11 is 0. The van der Waals surface area contributed by atoms with E-state index in [1.807, 2.05) is 6.20 Å². The van der Waals surface area contributed by atoms with Crippen molar-refractivity contribution < 1.29 is 17.9 Å². The lowest BCUT2D eigenvalue weighted by atomic mass is 9.93. The van der Waals surface area contributed by atoms with E-state index < -0.39 is 11.7 Å². The van der Waals surface area contributed by atoms with Crippen molar-refractivity contribution in [3.05, 3.63) is 59.1 Å². The summed E-state index contributed by atoms with van der Waals surface area (Å²) in [5.41, 5.74) is 5.68. The van der Waals surface area contributed by atoms with Crippen LogP contribution in [0.15, 0.2) is 42.2 Å². The second-order valence-corrected chi connectivity index (χ2v) is 8.64. The Morgan fingerprint density at radius 2 is 1.94 bits per heavy atom. The third-order valence-corrected chi connectivity index (χ3v) is 5.96. The average molecular weight is 455 g/mol. The van der Waals surface area contributed by atoms with Crippen LogP contribution in [0.2, 0.25) is 0 Å². The number of allylic oxidation sites excluding steroid dienone is 1. The fourth-order valence-corrected chi connectivity index (χ4v) is 3.97. The van der Waals surface area contributed by atoms with Gasteiger partial charge in [0.2, 0.25) is 0 Å². The number of aryl methyl sites for hydroxylation is 1. The first-order valence-corrected chi connectivity index (χ1v) is 11.2. The lowest BCUT2D eigenvalue weighted by Gasteiger charge is -2.21. The summed E-state index contributed by atoms with van der Waals surface area (Å²) in [5.74, 6) is 0. The first-order chi connectivity index (χ1) is 15.9. The second kappa shape index (κ2) is 8.72. The van der Waals surface area contributed by atoms with Crippen LogP contribution >= 0.6 is 0 Å². The molecule has 6 rings (SSSR count). The van der Waals surface area contributed by atoms with Gasteiger partial charge in [-0.2, -0.15) is 18.3 Å². The number of nitrogens with zero attached hydrogens (tertiary/aromatic N) is 5. The van der Waals surface area contributed by atoms with Crippen LogP contribution in [0.4, 0.5) is 13.2 Å². The van der Waals surface area contributed by atoms with E-state index in [-0.39, 0.29) is 6.42 Å². The first kappa shape index (κ1) is 21.8. The SMILES string of the molecule is Cc1cnc2c(C3=C=C(C(F)(F)F)C3)nccc2n1.c1nn(C2CC2)cc1[C@@H]1CCCCO1. The van der Waals surface area contributed by atoms with Gasteiger partial charge in [-0.3, -0.25) is 14.6 Å². The molecule has 0 spiro atoms. The Hall–Kier alpha value is -3.03. The van der Waals surface area contributed by atoms with Gasteiger partial charge in [-0.05, 0) is 45.1 Å². The molecule has 33 heavy (non-hydrogen) atoms. The van der Waals surface area contributed by atoms with Gasteiger partial charge in [0.05, 0.1) is 35.1 Å². The maximum absolute atomic E-state index is 12.4. The summed E-state index contributed by atoms with van der Waals surface area (Å²) in [5, 5.41) is 4.39. The van der Waals surface area contributed by atoms with Crippen molar-refractivity contribution in [3.63, 3.8) is 0 Å². The Morgan fingerprint density at radius 1 is 1.12 bits per heavy atom. The van der Waals surface area contributed by atoms with Gasteiger partial charge in [-0.1, -0.05) is 0 Å². The number of halogens is 3. The van der Waals surface area contributed by atoms with Gasteiger partial charge in [0.15, 0.2) is 0 Å². The fraction of sp³-hybridized carbons (Fsp3) is 0.458. The predicted molar refractivity (Wildman–Crippen MR) is 116 cm³/mol. The maximum atomic E-state index is 12.4. The summed E-state index contributed by atoms with van der Waals surface area (Å²) in [6, 6.07) is 2.37. The highest BCUT2D eigenvalue weighted by Gasteiger charge is 2.38. The normalized spacial score (nSPS) is 20.4. The van der Waals surface area contributed by atoms with Crippen molar-refractivity contribution in [1.82, 2.24) is 24.7 Å². The van der Waals surface area contributed by atoms with E-state index >= 15 is 0 Å². The van der Waals surface area contributed by atoms with Gasteiger partial charge in [-0.15, -0.1) is 5.73 Å². The summed E-state index contributed by atoms with van der Waals surface area (Å²) in [6.07, 6.45) is 9.34. The third-order valence-electron chi connectivity index (χ3n) is 5.96. The number of pyridine rings is 1. The molecule has 0 N–H and O–H groups in total. The monoisotopic (exact) mass is 455 g/mol. The van der Waals surface area contributed by atoms with E-state index in [1.54, 1.807) is 19.2 Å². The van der Waals surface area contributed by atoms with Crippen LogP contribution in [0.1, 0.15) is 67.6 Å². The zero-order chi connectivity index (χ0) is 23.0. The van der Waals surface area contributed by atoms with Gasteiger partial charge in [0.25, 0.3) is 0 Å². The molecule has 1 aliphatic heterocycles. The summed E-state index contributed by atoms with van der Waals surface area (Å²) < 4.78 is 45.0. The lowest BCUT2D eigenvalue weighted by molar-refractivity contribution is -0.0934. The third kappa shape index (κ3) is 4.84. The second-order valence-electron chi connectivity index (χ2n) is 8.64. The van der Waals surface area contributed by atoms with Crippen molar-refractivity contribution in [2.75, 3.05) is 6.61 Å². The number of alkyl halides is 3. The minimum atomic E-state index is -4.31. The van der Waals surface area contributed by atoms with Crippen molar-refractivity contribution in [3.8, 4) is 0 Å². The van der Waals surface area contributed by atoms with Gasteiger partial charge in [-0.25, -0.2) is 4.98 Å². The number of hydrogen-bond acceptors (Lipinski definition) is 5. The van der Waals surface area contributed by atoms with Crippen LogP contribution in [0.25, 0.3) is 16.6 Å². The van der Waals surface area contributed by atoms with Crippen molar-refractivity contribution in [2.45, 2.75) is 63.8 Å². The molecule has 3 aliphatic rings. The molecule has 6 nitrogen and oxygen atoms in total. The molecule has 0 aromatic carbocycles. The Balaban J connectivity index is 0.000000144. The summed E-state index contributed by atoms with van der Waals surface area (Å²) in [4.78, 5) is 12.6. The van der Waals surface area contributed by atoms with E-state index in [0.29, 0.717) is 34.4 Å². The summed E-state index contributed by atoms with van der Waals surface area (Å²) in [7, 11) is 0. The number of ether oxygens (including phenoxy) is 1. The molecule has 3 aromatic heterocycles. The van der Waals surface area contributed by atoms with Gasteiger partial charge < -0.3 is 4.74 Å². The van der Waals surface area contributed by atoms with Gasteiger partial charge in [0.1, 0.15) is 11.2 Å². The van der Waals surface area contributed by atoms with Crippen LogP contribution in [-0.4, -0.2) is 37.5 Å². The largest absolute Gasteiger partial charge is 0.420 e. The van der Waals surface area contributed by atoms with E-state index in [2.05, 4.69) is 36.7 Å². The molecule has 3 aromatic rings. The molecule has 1 saturated heterocycles. The lowest BCUT2D eigenvalue weighted by Crippen LogP contribution is -2.16. The number of rotatable bonds is 3. The van der Waals surface area contributed by atoms with Gasteiger partial charge in [0, 0.05) is 42.8 Å².